The highest BCUT2D eigenvalue weighted by molar-refractivity contribution is 5.68. The quantitative estimate of drug-likeness (QED) is 0.770. The first-order valence-electron chi connectivity index (χ1n) is 6.52. The minimum atomic E-state index is -0.660. The molecule has 0 bridgehead atoms. The second-order valence-electron chi connectivity index (χ2n) is 6.30. The van der Waals surface area contributed by atoms with Crippen LogP contribution in [-0.2, 0) is 4.79 Å². The number of hydrogen-bond donors (Lipinski definition) is 2. The van der Waals surface area contributed by atoms with E-state index in [1.807, 2.05) is 0 Å². The summed E-state index contributed by atoms with van der Waals surface area (Å²) in [5, 5.41) is 9.12. The van der Waals surface area contributed by atoms with Gasteiger partial charge in [0.15, 0.2) is 0 Å². The third-order valence-electron chi connectivity index (χ3n) is 6.11. The molecule has 0 spiro atoms. The van der Waals surface area contributed by atoms with Crippen molar-refractivity contribution in [3.8, 4) is 0 Å². The Balaban J connectivity index is 1.96. The van der Waals surface area contributed by atoms with Crippen molar-refractivity contribution in [2.24, 2.45) is 22.0 Å². The first kappa shape index (κ1) is 10.6. The van der Waals surface area contributed by atoms with Crippen LogP contribution >= 0.6 is 0 Å². The van der Waals surface area contributed by atoms with Crippen molar-refractivity contribution >= 4 is 5.97 Å². The Bertz CT molecular complexity index is 329. The van der Waals surface area contributed by atoms with Crippen molar-refractivity contribution in [2.75, 3.05) is 6.54 Å². The molecule has 16 heavy (non-hydrogen) atoms. The van der Waals surface area contributed by atoms with Crippen LogP contribution in [0.15, 0.2) is 0 Å². The Kier molecular flexibility index (Phi) is 1.99. The maximum absolute atomic E-state index is 11.1. The first-order chi connectivity index (χ1) is 7.60. The fraction of sp³-hybridized carbons (Fsp3) is 0.923. The van der Waals surface area contributed by atoms with Crippen LogP contribution in [0, 0.1) is 16.2 Å². The highest BCUT2D eigenvalue weighted by atomic mass is 16.4. The van der Waals surface area contributed by atoms with Crippen LogP contribution in [0.2, 0.25) is 0 Å². The van der Waals surface area contributed by atoms with Gasteiger partial charge < -0.3 is 10.8 Å². The monoisotopic (exact) mass is 223 g/mol. The van der Waals surface area contributed by atoms with Crippen molar-refractivity contribution < 1.29 is 9.90 Å². The summed E-state index contributed by atoms with van der Waals surface area (Å²) in [6.07, 6.45) is 9.09. The number of aliphatic carboxylic acids is 1. The van der Waals surface area contributed by atoms with E-state index in [4.69, 9.17) is 10.8 Å². The van der Waals surface area contributed by atoms with Crippen molar-refractivity contribution in [2.45, 2.75) is 51.4 Å². The van der Waals surface area contributed by atoms with Gasteiger partial charge in [-0.2, -0.15) is 0 Å². The molecule has 3 aliphatic rings. The van der Waals surface area contributed by atoms with E-state index in [9.17, 15) is 4.79 Å². The maximum atomic E-state index is 11.1. The van der Waals surface area contributed by atoms with Gasteiger partial charge in [-0.1, -0.05) is 12.8 Å². The zero-order valence-electron chi connectivity index (χ0n) is 9.80. The van der Waals surface area contributed by atoms with E-state index in [0.29, 0.717) is 23.8 Å². The molecule has 3 fully saturated rings. The number of hydrogen-bond acceptors (Lipinski definition) is 2. The molecule has 3 saturated carbocycles. The van der Waals surface area contributed by atoms with Crippen molar-refractivity contribution in [3.63, 3.8) is 0 Å². The number of rotatable bonds is 3. The molecule has 0 heterocycles. The van der Waals surface area contributed by atoms with E-state index >= 15 is 0 Å². The molecule has 0 aromatic heterocycles. The van der Waals surface area contributed by atoms with Crippen molar-refractivity contribution in [1.29, 1.82) is 0 Å². The molecule has 0 radical (unpaired) electrons. The molecule has 1 unspecified atom stereocenters. The topological polar surface area (TPSA) is 63.3 Å². The molecule has 3 N–H and O–H groups in total. The van der Waals surface area contributed by atoms with Gasteiger partial charge in [0.05, 0.1) is 6.42 Å². The Labute approximate surface area is 96.4 Å². The average molecular weight is 223 g/mol. The van der Waals surface area contributed by atoms with Gasteiger partial charge >= 0.3 is 5.97 Å². The average Bonchev–Trinajstić information content (AvgIpc) is 2.62. The Morgan fingerprint density at radius 2 is 1.81 bits per heavy atom. The van der Waals surface area contributed by atoms with Gasteiger partial charge in [0, 0.05) is 0 Å². The van der Waals surface area contributed by atoms with Crippen LogP contribution in [-0.4, -0.2) is 17.6 Å². The maximum Gasteiger partial charge on any atom is 0.303 e. The molecule has 1 atom stereocenters. The zero-order valence-corrected chi connectivity index (χ0v) is 9.80. The standard InChI is InChI=1S/C13H21NO2/c14-9-12(7-10(15)16)8-11-3-1-5-13(11,12)6-2-4-11/h1-9,14H2,(H,15,16). The summed E-state index contributed by atoms with van der Waals surface area (Å²) in [7, 11) is 0. The fourth-order valence-electron chi connectivity index (χ4n) is 5.73. The Hall–Kier alpha value is -0.570. The van der Waals surface area contributed by atoms with Gasteiger partial charge in [0.2, 0.25) is 0 Å². The summed E-state index contributed by atoms with van der Waals surface area (Å²) in [5.41, 5.74) is 6.71. The van der Waals surface area contributed by atoms with E-state index in [2.05, 4.69) is 0 Å². The summed E-state index contributed by atoms with van der Waals surface area (Å²) in [6, 6.07) is 0. The third-order valence-corrected chi connectivity index (χ3v) is 6.11. The predicted molar refractivity (Wildman–Crippen MR) is 60.9 cm³/mol. The highest BCUT2D eigenvalue weighted by Crippen LogP contribution is 2.82. The Morgan fingerprint density at radius 1 is 1.19 bits per heavy atom. The third kappa shape index (κ3) is 0.922. The number of nitrogens with two attached hydrogens (primary N) is 1. The van der Waals surface area contributed by atoms with Gasteiger partial charge in [-0.25, -0.2) is 0 Å². The molecule has 0 aromatic carbocycles. The van der Waals surface area contributed by atoms with Gasteiger partial charge in [0.1, 0.15) is 0 Å². The van der Waals surface area contributed by atoms with Crippen LogP contribution in [0.1, 0.15) is 51.4 Å². The van der Waals surface area contributed by atoms with Crippen LogP contribution < -0.4 is 5.73 Å². The van der Waals surface area contributed by atoms with Crippen LogP contribution in [0.4, 0.5) is 0 Å². The van der Waals surface area contributed by atoms with Gasteiger partial charge in [-0.05, 0) is 54.9 Å². The van der Waals surface area contributed by atoms with E-state index < -0.39 is 5.97 Å². The molecule has 0 aliphatic heterocycles. The summed E-state index contributed by atoms with van der Waals surface area (Å²) in [4.78, 5) is 11.1. The minimum absolute atomic E-state index is 0.0637. The van der Waals surface area contributed by atoms with E-state index in [-0.39, 0.29) is 5.41 Å². The predicted octanol–water partition coefficient (Wildman–Crippen LogP) is 2.15. The lowest BCUT2D eigenvalue weighted by Crippen LogP contribution is -2.64. The summed E-state index contributed by atoms with van der Waals surface area (Å²) in [5.74, 6) is -0.660. The molecular weight excluding hydrogens is 202 g/mol. The second-order valence-corrected chi connectivity index (χ2v) is 6.30. The molecule has 0 aromatic rings. The largest absolute Gasteiger partial charge is 0.481 e. The van der Waals surface area contributed by atoms with E-state index in [1.54, 1.807) is 0 Å². The van der Waals surface area contributed by atoms with Gasteiger partial charge in [-0.3, -0.25) is 4.79 Å². The van der Waals surface area contributed by atoms with E-state index in [0.717, 1.165) is 6.42 Å². The Morgan fingerprint density at radius 3 is 2.31 bits per heavy atom. The lowest BCUT2D eigenvalue weighted by Gasteiger charge is -2.66. The molecule has 90 valence electrons. The summed E-state index contributed by atoms with van der Waals surface area (Å²) in [6.45, 7) is 0.570. The van der Waals surface area contributed by atoms with Crippen LogP contribution in [0.5, 0.6) is 0 Å². The van der Waals surface area contributed by atoms with Gasteiger partial charge in [0.25, 0.3) is 0 Å². The summed E-state index contributed by atoms with van der Waals surface area (Å²) < 4.78 is 0. The van der Waals surface area contributed by atoms with Crippen LogP contribution in [0.3, 0.4) is 0 Å². The molecule has 0 saturated heterocycles. The van der Waals surface area contributed by atoms with E-state index in [1.165, 1.54) is 38.5 Å². The molecule has 0 amide bonds. The summed E-state index contributed by atoms with van der Waals surface area (Å²) >= 11 is 0. The molecule has 3 rings (SSSR count). The number of carbonyl (C=O) groups is 1. The number of carboxylic acids is 1. The second kappa shape index (κ2) is 3.00. The normalized spacial score (nSPS) is 49.6. The SMILES string of the molecule is NCC1(CC(=O)O)CC23CCCC21CCC3. The molecular formula is C13H21NO2. The van der Waals surface area contributed by atoms with Gasteiger partial charge in [-0.15, -0.1) is 0 Å². The first-order valence-corrected chi connectivity index (χ1v) is 6.52. The molecule has 3 nitrogen and oxygen atoms in total. The zero-order chi connectivity index (χ0) is 11.4. The molecule has 3 heteroatoms. The molecule has 3 aliphatic carbocycles. The fourth-order valence-corrected chi connectivity index (χ4v) is 5.73. The van der Waals surface area contributed by atoms with Crippen LogP contribution in [0.25, 0.3) is 0 Å². The highest BCUT2D eigenvalue weighted by Gasteiger charge is 2.75. The minimum Gasteiger partial charge on any atom is -0.481 e. The van der Waals surface area contributed by atoms with Crippen molar-refractivity contribution in [1.82, 2.24) is 0 Å². The lowest BCUT2D eigenvalue weighted by atomic mass is 9.38. The van der Waals surface area contributed by atoms with Crippen molar-refractivity contribution in [3.05, 3.63) is 0 Å². The number of carboxylic acid groups (broad SMARTS) is 1. The lowest BCUT2D eigenvalue weighted by molar-refractivity contribution is -0.188. The smallest absolute Gasteiger partial charge is 0.303 e.